The number of esters is 1. The van der Waals surface area contributed by atoms with Crippen molar-refractivity contribution >= 4 is 12.0 Å². The number of ether oxygens (including phenoxy) is 1. The molecule has 6 nitrogen and oxygen atoms in total. The minimum atomic E-state index is -0.705. The first kappa shape index (κ1) is 13.2. The Morgan fingerprint density at radius 3 is 2.84 bits per heavy atom. The maximum absolute atomic E-state index is 12.0. The molecule has 19 heavy (non-hydrogen) atoms. The number of rotatable bonds is 3. The van der Waals surface area contributed by atoms with Crippen molar-refractivity contribution in [1.29, 1.82) is 0 Å². The average Bonchev–Trinajstić information content (AvgIpc) is 2.75. The van der Waals surface area contributed by atoms with Gasteiger partial charge in [0.2, 0.25) is 0 Å². The first-order valence-electron chi connectivity index (χ1n) is 6.02. The predicted molar refractivity (Wildman–Crippen MR) is 67.1 cm³/mol. The molecule has 0 saturated carbocycles. The molecule has 2 heterocycles. The van der Waals surface area contributed by atoms with Crippen LogP contribution in [0.4, 0.5) is 4.79 Å². The zero-order valence-electron chi connectivity index (χ0n) is 10.9. The molecule has 0 aliphatic carbocycles. The Morgan fingerprint density at radius 1 is 1.53 bits per heavy atom. The molecule has 2 N–H and O–H groups in total. The lowest BCUT2D eigenvalue weighted by molar-refractivity contribution is -0.148. The highest BCUT2D eigenvalue weighted by Gasteiger charge is 2.40. The van der Waals surface area contributed by atoms with E-state index in [0.717, 1.165) is 0 Å². The van der Waals surface area contributed by atoms with Gasteiger partial charge in [0.05, 0.1) is 6.61 Å². The fourth-order valence-corrected chi connectivity index (χ4v) is 2.05. The first-order valence-corrected chi connectivity index (χ1v) is 6.02. The molecule has 1 aromatic rings. The molecule has 1 aliphatic heterocycles. The molecule has 2 amide bonds. The summed E-state index contributed by atoms with van der Waals surface area (Å²) in [6.07, 6.45) is 0. The normalized spacial score (nSPS) is 22.6. The van der Waals surface area contributed by atoms with Gasteiger partial charge >= 0.3 is 12.0 Å². The van der Waals surface area contributed by atoms with Crippen molar-refractivity contribution in [3.8, 4) is 0 Å². The van der Waals surface area contributed by atoms with Gasteiger partial charge in [0.15, 0.2) is 0 Å². The van der Waals surface area contributed by atoms with E-state index in [-0.39, 0.29) is 6.61 Å². The van der Waals surface area contributed by atoms with E-state index in [2.05, 4.69) is 17.2 Å². The highest BCUT2D eigenvalue weighted by Crippen LogP contribution is 2.31. The molecule has 1 saturated heterocycles. The summed E-state index contributed by atoms with van der Waals surface area (Å²) in [4.78, 5) is 23.5. The maximum atomic E-state index is 12.0. The van der Waals surface area contributed by atoms with Crippen molar-refractivity contribution in [2.75, 3.05) is 6.61 Å². The lowest BCUT2D eigenvalue weighted by Gasteiger charge is -2.31. The monoisotopic (exact) mass is 264 g/mol. The highest BCUT2D eigenvalue weighted by molar-refractivity contribution is 5.85. The number of urea groups is 1. The number of amides is 2. The summed E-state index contributed by atoms with van der Waals surface area (Å²) in [6, 6.07) is 2.48. The maximum Gasteiger partial charge on any atom is 0.319 e. The molecule has 2 atom stereocenters. The van der Waals surface area contributed by atoms with Crippen molar-refractivity contribution in [1.82, 2.24) is 10.6 Å². The molecule has 1 aromatic heterocycles. The smallest absolute Gasteiger partial charge is 0.319 e. The number of aryl methyl sites for hydroxylation is 1. The van der Waals surface area contributed by atoms with Gasteiger partial charge in [-0.3, -0.25) is 4.79 Å². The van der Waals surface area contributed by atoms with Crippen LogP contribution >= 0.6 is 0 Å². The van der Waals surface area contributed by atoms with Crippen molar-refractivity contribution < 1.29 is 18.7 Å². The lowest BCUT2D eigenvalue weighted by Crippen LogP contribution is -2.51. The SMILES string of the molecule is C=C1NC(=O)NC(c2ccc(C)o2)C1C(=O)OCC. The number of furan rings is 1. The van der Waals surface area contributed by atoms with Crippen LogP contribution in [0.3, 0.4) is 0 Å². The molecule has 0 aromatic carbocycles. The van der Waals surface area contributed by atoms with Crippen molar-refractivity contribution in [2.24, 2.45) is 5.92 Å². The van der Waals surface area contributed by atoms with Crippen LogP contribution in [-0.4, -0.2) is 18.6 Å². The van der Waals surface area contributed by atoms with Gasteiger partial charge < -0.3 is 19.8 Å². The summed E-state index contributed by atoms with van der Waals surface area (Å²) < 4.78 is 10.5. The van der Waals surface area contributed by atoms with Gasteiger partial charge in [0.25, 0.3) is 0 Å². The molecule has 0 bridgehead atoms. The van der Waals surface area contributed by atoms with Crippen molar-refractivity contribution in [2.45, 2.75) is 19.9 Å². The molecular formula is C13H16N2O4. The summed E-state index contributed by atoms with van der Waals surface area (Å²) in [5.41, 5.74) is 0.307. The summed E-state index contributed by atoms with van der Waals surface area (Å²) in [5.74, 6) is 0.0600. The van der Waals surface area contributed by atoms with E-state index in [1.54, 1.807) is 26.0 Å². The van der Waals surface area contributed by atoms with E-state index in [0.29, 0.717) is 17.2 Å². The quantitative estimate of drug-likeness (QED) is 0.813. The largest absolute Gasteiger partial charge is 0.465 e. The fraction of sp³-hybridized carbons (Fsp3) is 0.385. The van der Waals surface area contributed by atoms with Crippen LogP contribution in [0, 0.1) is 12.8 Å². The summed E-state index contributed by atoms with van der Waals surface area (Å²) in [6.45, 7) is 7.50. The van der Waals surface area contributed by atoms with Crippen LogP contribution in [0.2, 0.25) is 0 Å². The average molecular weight is 264 g/mol. The molecule has 0 spiro atoms. The highest BCUT2D eigenvalue weighted by atomic mass is 16.5. The zero-order chi connectivity index (χ0) is 14.0. The topological polar surface area (TPSA) is 80.6 Å². The number of hydrogen-bond donors (Lipinski definition) is 2. The Bertz CT molecular complexity index is 520. The van der Waals surface area contributed by atoms with Gasteiger partial charge in [-0.2, -0.15) is 0 Å². The molecular weight excluding hydrogens is 248 g/mol. The Morgan fingerprint density at radius 2 is 2.26 bits per heavy atom. The van der Waals surface area contributed by atoms with E-state index in [1.807, 2.05) is 0 Å². The third kappa shape index (κ3) is 2.62. The van der Waals surface area contributed by atoms with Gasteiger partial charge in [0, 0.05) is 5.70 Å². The van der Waals surface area contributed by atoms with Crippen LogP contribution < -0.4 is 10.6 Å². The van der Waals surface area contributed by atoms with Crippen molar-refractivity contribution in [3.05, 3.63) is 35.9 Å². The van der Waals surface area contributed by atoms with Gasteiger partial charge in [0.1, 0.15) is 23.5 Å². The van der Waals surface area contributed by atoms with Gasteiger partial charge in [-0.15, -0.1) is 0 Å². The van der Waals surface area contributed by atoms with Gasteiger partial charge in [-0.05, 0) is 26.0 Å². The van der Waals surface area contributed by atoms with Crippen LogP contribution in [0.5, 0.6) is 0 Å². The minimum absolute atomic E-state index is 0.264. The zero-order valence-corrected chi connectivity index (χ0v) is 10.9. The number of carbonyl (C=O) groups excluding carboxylic acids is 2. The number of nitrogens with one attached hydrogen (secondary N) is 2. The van der Waals surface area contributed by atoms with Crippen molar-refractivity contribution in [3.63, 3.8) is 0 Å². The third-order valence-corrected chi connectivity index (χ3v) is 2.88. The second-order valence-electron chi connectivity index (χ2n) is 4.28. The second kappa shape index (κ2) is 5.17. The Labute approximate surface area is 110 Å². The van der Waals surface area contributed by atoms with E-state index in [4.69, 9.17) is 9.15 Å². The van der Waals surface area contributed by atoms with Gasteiger partial charge in [-0.25, -0.2) is 4.79 Å². The molecule has 102 valence electrons. The molecule has 2 unspecified atom stereocenters. The van der Waals surface area contributed by atoms with Gasteiger partial charge in [-0.1, -0.05) is 6.58 Å². The molecule has 1 fully saturated rings. The standard InChI is InChI=1S/C13H16N2O4/c1-4-18-12(16)10-8(3)14-13(17)15-11(10)9-6-5-7(2)19-9/h5-6,10-11H,3-4H2,1-2H3,(H2,14,15,17). The lowest BCUT2D eigenvalue weighted by atomic mass is 9.93. The van der Waals surface area contributed by atoms with Crippen LogP contribution in [0.15, 0.2) is 28.8 Å². The number of carbonyl (C=O) groups is 2. The first-order chi connectivity index (χ1) is 9.02. The Balaban J connectivity index is 2.32. The van der Waals surface area contributed by atoms with E-state index >= 15 is 0 Å². The molecule has 1 aliphatic rings. The Kier molecular flexibility index (Phi) is 3.59. The van der Waals surface area contributed by atoms with Crippen LogP contribution in [-0.2, 0) is 9.53 Å². The third-order valence-electron chi connectivity index (χ3n) is 2.88. The predicted octanol–water partition coefficient (Wildman–Crippen LogP) is 1.63. The second-order valence-corrected chi connectivity index (χ2v) is 4.28. The van der Waals surface area contributed by atoms with Crippen LogP contribution in [0.25, 0.3) is 0 Å². The summed E-state index contributed by atoms with van der Waals surface area (Å²) in [5, 5.41) is 5.15. The molecule has 6 heteroatoms. The van der Waals surface area contributed by atoms with E-state index < -0.39 is 24.0 Å². The number of hydrogen-bond acceptors (Lipinski definition) is 4. The minimum Gasteiger partial charge on any atom is -0.465 e. The summed E-state index contributed by atoms with van der Waals surface area (Å²) in [7, 11) is 0. The molecule has 2 rings (SSSR count). The summed E-state index contributed by atoms with van der Waals surface area (Å²) >= 11 is 0. The van der Waals surface area contributed by atoms with Crippen LogP contribution in [0.1, 0.15) is 24.5 Å². The molecule has 0 radical (unpaired) electrons. The Hall–Kier alpha value is -2.24. The van der Waals surface area contributed by atoms with E-state index in [9.17, 15) is 9.59 Å². The van der Waals surface area contributed by atoms with E-state index in [1.165, 1.54) is 0 Å². The fourth-order valence-electron chi connectivity index (χ4n) is 2.05.